The van der Waals surface area contributed by atoms with Crippen molar-refractivity contribution in [3.63, 3.8) is 0 Å². The van der Waals surface area contributed by atoms with Crippen LogP contribution in [0.1, 0.15) is 49.2 Å². The quantitative estimate of drug-likeness (QED) is 0.571. The van der Waals surface area contributed by atoms with Crippen LogP contribution in [0, 0.1) is 12.8 Å². The molecule has 1 aliphatic rings. The minimum absolute atomic E-state index is 0.0593. The molecule has 0 bridgehead atoms. The van der Waals surface area contributed by atoms with E-state index in [1.54, 1.807) is 11.3 Å². The van der Waals surface area contributed by atoms with E-state index in [4.69, 9.17) is 4.42 Å². The Labute approximate surface area is 176 Å². The molecule has 1 saturated heterocycles. The van der Waals surface area contributed by atoms with Gasteiger partial charge in [0.1, 0.15) is 11.3 Å². The van der Waals surface area contributed by atoms with E-state index in [0.29, 0.717) is 6.54 Å². The lowest BCUT2D eigenvalue weighted by molar-refractivity contribution is -0.139. The lowest BCUT2D eigenvalue weighted by atomic mass is 9.94. The first-order chi connectivity index (χ1) is 14.0. The highest BCUT2D eigenvalue weighted by molar-refractivity contribution is 7.09. The van der Waals surface area contributed by atoms with Gasteiger partial charge in [0.05, 0.1) is 16.7 Å². The summed E-state index contributed by atoms with van der Waals surface area (Å²) in [6.45, 7) is 9.64. The van der Waals surface area contributed by atoms with Crippen LogP contribution < -0.4 is 0 Å². The summed E-state index contributed by atoms with van der Waals surface area (Å²) in [5.74, 6) is 1.21. The van der Waals surface area contributed by atoms with Crippen LogP contribution in [0.15, 0.2) is 40.1 Å². The third-order valence-corrected chi connectivity index (χ3v) is 6.76. The number of fused-ring (bicyclic) bond motifs is 1. The average Bonchev–Trinajstić information content (AvgIpc) is 3.34. The molecule has 3 heterocycles. The number of hydrogen-bond donors (Lipinski definition) is 0. The van der Waals surface area contributed by atoms with Gasteiger partial charge >= 0.3 is 0 Å². The Morgan fingerprint density at radius 1 is 1.34 bits per heavy atom. The molecule has 4 rings (SSSR count). The van der Waals surface area contributed by atoms with Crippen molar-refractivity contribution in [3.05, 3.63) is 52.2 Å². The number of amides is 1. The molecule has 0 saturated carbocycles. The predicted molar refractivity (Wildman–Crippen MR) is 117 cm³/mol. The fourth-order valence-corrected chi connectivity index (χ4v) is 4.87. The number of thiazole rings is 1. The Morgan fingerprint density at radius 3 is 2.76 bits per heavy atom. The average molecular weight is 412 g/mol. The Hall–Kier alpha value is -2.18. The van der Waals surface area contributed by atoms with Gasteiger partial charge in [0.15, 0.2) is 0 Å². The van der Waals surface area contributed by atoms with E-state index in [1.165, 1.54) is 0 Å². The van der Waals surface area contributed by atoms with Crippen LogP contribution in [0.3, 0.4) is 0 Å². The van der Waals surface area contributed by atoms with E-state index in [9.17, 15) is 4.79 Å². The minimum Gasteiger partial charge on any atom is -0.459 e. The molecule has 1 aromatic carbocycles. The van der Waals surface area contributed by atoms with E-state index in [2.05, 4.69) is 35.2 Å². The van der Waals surface area contributed by atoms with Crippen LogP contribution in [0.4, 0.5) is 0 Å². The van der Waals surface area contributed by atoms with Crippen molar-refractivity contribution in [3.8, 4) is 0 Å². The molecule has 1 unspecified atom stereocenters. The topological polar surface area (TPSA) is 49.6 Å². The first kappa shape index (κ1) is 20.1. The Morgan fingerprint density at radius 2 is 2.10 bits per heavy atom. The first-order valence-corrected chi connectivity index (χ1v) is 11.4. The number of para-hydroxylation sites is 1. The summed E-state index contributed by atoms with van der Waals surface area (Å²) in [5.41, 5.74) is 2.02. The maximum absolute atomic E-state index is 13.3. The molecule has 0 radical (unpaired) electrons. The smallest absolute Gasteiger partial charge is 0.226 e. The van der Waals surface area contributed by atoms with Gasteiger partial charge in [0.25, 0.3) is 0 Å². The zero-order chi connectivity index (χ0) is 20.4. The first-order valence-electron chi connectivity index (χ1n) is 10.5. The van der Waals surface area contributed by atoms with E-state index in [-0.39, 0.29) is 17.9 Å². The third-order valence-electron chi connectivity index (χ3n) is 5.94. The van der Waals surface area contributed by atoms with Gasteiger partial charge in [0, 0.05) is 29.8 Å². The highest BCUT2D eigenvalue weighted by Crippen LogP contribution is 2.30. The van der Waals surface area contributed by atoms with Crippen molar-refractivity contribution in [1.82, 2.24) is 14.8 Å². The van der Waals surface area contributed by atoms with Crippen molar-refractivity contribution in [2.45, 2.75) is 46.2 Å². The van der Waals surface area contributed by atoms with Gasteiger partial charge in [-0.1, -0.05) is 18.2 Å². The molecule has 0 spiro atoms. The number of aryl methyl sites for hydroxylation is 1. The number of carbonyl (C=O) groups excluding carboxylic acids is 1. The van der Waals surface area contributed by atoms with E-state index < -0.39 is 0 Å². The van der Waals surface area contributed by atoms with Crippen molar-refractivity contribution in [2.75, 3.05) is 19.6 Å². The second-order valence-corrected chi connectivity index (χ2v) is 8.96. The molecule has 6 heteroatoms. The van der Waals surface area contributed by atoms with Crippen LogP contribution in [0.25, 0.3) is 11.0 Å². The fraction of sp³-hybridized carbons (Fsp3) is 0.478. The summed E-state index contributed by atoms with van der Waals surface area (Å²) in [6.07, 6.45) is 1.82. The number of benzene rings is 1. The summed E-state index contributed by atoms with van der Waals surface area (Å²) in [4.78, 5) is 22.2. The number of likely N-dealkylation sites (tertiary alicyclic amines) is 1. The molecule has 3 aromatic rings. The molecule has 2 aromatic heterocycles. The molecule has 1 amide bonds. The highest BCUT2D eigenvalue weighted by Gasteiger charge is 2.31. The molecular formula is C23H29N3O2S. The molecule has 29 heavy (non-hydrogen) atoms. The molecular weight excluding hydrogens is 382 g/mol. The molecule has 154 valence electrons. The Bertz CT molecular complexity index is 938. The number of furan rings is 1. The number of nitrogens with zero attached hydrogens (tertiary/aromatic N) is 3. The second-order valence-electron chi connectivity index (χ2n) is 7.90. The number of piperidine rings is 1. The Balaban J connectivity index is 1.38. The van der Waals surface area contributed by atoms with Gasteiger partial charge in [-0.3, -0.25) is 9.69 Å². The van der Waals surface area contributed by atoms with Crippen molar-refractivity contribution in [1.29, 1.82) is 0 Å². The van der Waals surface area contributed by atoms with Crippen LogP contribution in [0.5, 0.6) is 0 Å². The largest absolute Gasteiger partial charge is 0.459 e. The lowest BCUT2D eigenvalue weighted by Crippen LogP contribution is -2.43. The van der Waals surface area contributed by atoms with Crippen LogP contribution >= 0.6 is 11.3 Å². The lowest BCUT2D eigenvalue weighted by Gasteiger charge is -2.35. The fourth-order valence-electron chi connectivity index (χ4n) is 4.26. The van der Waals surface area contributed by atoms with Crippen LogP contribution in [-0.2, 0) is 11.3 Å². The predicted octanol–water partition coefficient (Wildman–Crippen LogP) is 5.02. The van der Waals surface area contributed by atoms with Gasteiger partial charge < -0.3 is 9.32 Å². The van der Waals surface area contributed by atoms with Crippen molar-refractivity contribution in [2.24, 2.45) is 5.92 Å². The van der Waals surface area contributed by atoms with Gasteiger partial charge in [-0.25, -0.2) is 4.98 Å². The summed E-state index contributed by atoms with van der Waals surface area (Å²) in [5, 5.41) is 4.34. The van der Waals surface area contributed by atoms with Crippen LogP contribution in [0.2, 0.25) is 0 Å². The summed E-state index contributed by atoms with van der Waals surface area (Å²) < 4.78 is 6.03. The Kier molecular flexibility index (Phi) is 6.01. The zero-order valence-electron chi connectivity index (χ0n) is 17.4. The van der Waals surface area contributed by atoms with Gasteiger partial charge in [-0.05, 0) is 58.8 Å². The number of hydrogen-bond acceptors (Lipinski definition) is 5. The third kappa shape index (κ3) is 4.38. The summed E-state index contributed by atoms with van der Waals surface area (Å²) >= 11 is 1.70. The zero-order valence-corrected chi connectivity index (χ0v) is 18.2. The van der Waals surface area contributed by atoms with E-state index >= 15 is 0 Å². The molecule has 1 aliphatic heterocycles. The molecule has 1 atom stereocenters. The summed E-state index contributed by atoms with van der Waals surface area (Å²) in [6, 6.07) is 10.0. The minimum atomic E-state index is -0.0593. The molecule has 1 fully saturated rings. The van der Waals surface area contributed by atoms with Gasteiger partial charge in [-0.15, -0.1) is 11.3 Å². The summed E-state index contributed by atoms with van der Waals surface area (Å²) in [7, 11) is 0. The molecule has 0 aliphatic carbocycles. The number of carbonyl (C=O) groups is 1. The standard InChI is InChI=1S/C23H29N3O2S/c1-4-26(16(2)22-13-19-7-5-6-8-21(19)28-22)23(27)18-9-11-25(12-10-18)14-20-15-29-17(3)24-20/h5-8,13,15-16,18H,4,9-12,14H2,1-3H3. The molecule has 5 nitrogen and oxygen atoms in total. The number of aromatic nitrogens is 1. The maximum Gasteiger partial charge on any atom is 0.226 e. The van der Waals surface area contributed by atoms with Crippen molar-refractivity contribution >= 4 is 28.2 Å². The maximum atomic E-state index is 13.3. The van der Waals surface area contributed by atoms with Gasteiger partial charge in [0.2, 0.25) is 5.91 Å². The van der Waals surface area contributed by atoms with Gasteiger partial charge in [-0.2, -0.15) is 0 Å². The molecule has 0 N–H and O–H groups in total. The van der Waals surface area contributed by atoms with E-state index in [1.807, 2.05) is 36.1 Å². The SMILES string of the molecule is CCN(C(=O)C1CCN(Cc2csc(C)n2)CC1)C(C)c1cc2ccccc2o1. The second kappa shape index (κ2) is 8.67. The monoisotopic (exact) mass is 411 g/mol. The van der Waals surface area contributed by atoms with Crippen LogP contribution in [-0.4, -0.2) is 40.3 Å². The highest BCUT2D eigenvalue weighted by atomic mass is 32.1. The number of rotatable bonds is 6. The normalized spacial score (nSPS) is 16.9. The van der Waals surface area contributed by atoms with Crippen molar-refractivity contribution < 1.29 is 9.21 Å². The van der Waals surface area contributed by atoms with E-state index in [0.717, 1.165) is 59.9 Å².